The highest BCUT2D eigenvalue weighted by Gasteiger charge is 2.05. The lowest BCUT2D eigenvalue weighted by Gasteiger charge is -2.00. The highest BCUT2D eigenvalue weighted by atomic mass is 35.5. The van der Waals surface area contributed by atoms with Crippen molar-refractivity contribution in [3.8, 4) is 0 Å². The third-order valence-corrected chi connectivity index (χ3v) is 2.31. The summed E-state index contributed by atoms with van der Waals surface area (Å²) in [6.07, 6.45) is 0. The first-order chi connectivity index (χ1) is 5.16. The van der Waals surface area contributed by atoms with Gasteiger partial charge in [-0.15, -0.1) is 4.91 Å². The van der Waals surface area contributed by atoms with Crippen LogP contribution in [0.4, 0.5) is 5.69 Å². The maximum Gasteiger partial charge on any atom is 0.112 e. The SMILES string of the molecule is Cc1c(N=O)ccc(Cl)c1Cl. The van der Waals surface area contributed by atoms with E-state index in [0.717, 1.165) is 0 Å². The molecule has 0 saturated heterocycles. The van der Waals surface area contributed by atoms with Gasteiger partial charge in [0.05, 0.1) is 10.0 Å². The van der Waals surface area contributed by atoms with E-state index in [1.165, 1.54) is 6.07 Å². The van der Waals surface area contributed by atoms with Crippen molar-refractivity contribution in [2.45, 2.75) is 6.92 Å². The molecule has 0 heterocycles. The van der Waals surface area contributed by atoms with Crippen molar-refractivity contribution in [2.75, 3.05) is 0 Å². The number of rotatable bonds is 1. The highest BCUT2D eigenvalue weighted by molar-refractivity contribution is 6.42. The summed E-state index contributed by atoms with van der Waals surface area (Å²) in [5, 5.41) is 3.61. The predicted octanol–water partition coefficient (Wildman–Crippen LogP) is 3.70. The summed E-state index contributed by atoms with van der Waals surface area (Å²) in [7, 11) is 0. The molecule has 0 N–H and O–H groups in total. The number of nitrogens with zero attached hydrogens (tertiary/aromatic N) is 1. The molecule has 0 saturated carbocycles. The average Bonchev–Trinajstić information content (AvgIpc) is 2.01. The lowest BCUT2D eigenvalue weighted by atomic mass is 10.2. The molecule has 0 fully saturated rings. The molecule has 0 atom stereocenters. The monoisotopic (exact) mass is 189 g/mol. The fourth-order valence-corrected chi connectivity index (χ4v) is 1.11. The number of halogens is 2. The van der Waals surface area contributed by atoms with Gasteiger partial charge in [0.25, 0.3) is 0 Å². The summed E-state index contributed by atoms with van der Waals surface area (Å²) >= 11 is 11.4. The van der Waals surface area contributed by atoms with Crippen LogP contribution >= 0.6 is 23.2 Å². The minimum absolute atomic E-state index is 0.333. The first-order valence-electron chi connectivity index (χ1n) is 2.94. The van der Waals surface area contributed by atoms with Crippen LogP contribution in [0.5, 0.6) is 0 Å². The average molecular weight is 190 g/mol. The molecular weight excluding hydrogens is 185 g/mol. The van der Waals surface area contributed by atoms with Crippen LogP contribution in [0.2, 0.25) is 10.0 Å². The molecule has 4 heteroatoms. The Hall–Kier alpha value is -0.600. The summed E-state index contributed by atoms with van der Waals surface area (Å²) < 4.78 is 0. The van der Waals surface area contributed by atoms with Crippen LogP contribution in [-0.4, -0.2) is 0 Å². The number of hydrogen-bond acceptors (Lipinski definition) is 2. The minimum atomic E-state index is 0.333. The van der Waals surface area contributed by atoms with Crippen molar-refractivity contribution < 1.29 is 0 Å². The van der Waals surface area contributed by atoms with E-state index in [2.05, 4.69) is 5.18 Å². The normalized spacial score (nSPS) is 9.73. The van der Waals surface area contributed by atoms with Crippen LogP contribution < -0.4 is 0 Å². The Kier molecular flexibility index (Phi) is 2.47. The smallest absolute Gasteiger partial charge is 0.112 e. The lowest BCUT2D eigenvalue weighted by Crippen LogP contribution is -1.76. The molecule has 1 aromatic carbocycles. The van der Waals surface area contributed by atoms with E-state index in [-0.39, 0.29) is 0 Å². The molecule has 0 bridgehead atoms. The molecule has 11 heavy (non-hydrogen) atoms. The molecule has 0 spiro atoms. The van der Waals surface area contributed by atoms with Crippen molar-refractivity contribution in [3.05, 3.63) is 32.6 Å². The zero-order valence-corrected chi connectivity index (χ0v) is 7.28. The molecule has 1 rings (SSSR count). The molecule has 2 nitrogen and oxygen atoms in total. The van der Waals surface area contributed by atoms with Gasteiger partial charge in [-0.2, -0.15) is 0 Å². The standard InChI is InChI=1S/C7H5Cl2NO/c1-4-6(10-11)3-2-5(8)7(4)9/h2-3H,1H3. The van der Waals surface area contributed by atoms with Crippen LogP contribution in [-0.2, 0) is 0 Å². The van der Waals surface area contributed by atoms with Gasteiger partial charge in [-0.1, -0.05) is 23.2 Å². The van der Waals surface area contributed by atoms with Crippen molar-refractivity contribution in [1.82, 2.24) is 0 Å². The third kappa shape index (κ3) is 1.52. The van der Waals surface area contributed by atoms with Gasteiger partial charge in [-0.3, -0.25) is 0 Å². The van der Waals surface area contributed by atoms with Gasteiger partial charge in [-0.25, -0.2) is 0 Å². The second-order valence-corrected chi connectivity index (χ2v) is 2.88. The topological polar surface area (TPSA) is 29.4 Å². The molecule has 0 aromatic heterocycles. The molecule has 0 aliphatic carbocycles. The Bertz CT molecular complexity index is 299. The van der Waals surface area contributed by atoms with Crippen LogP contribution in [0, 0.1) is 11.8 Å². The van der Waals surface area contributed by atoms with Crippen LogP contribution in [0.3, 0.4) is 0 Å². The van der Waals surface area contributed by atoms with Gasteiger partial charge < -0.3 is 0 Å². The van der Waals surface area contributed by atoms with E-state index >= 15 is 0 Å². The Morgan fingerprint density at radius 2 is 2.00 bits per heavy atom. The molecule has 58 valence electrons. The Morgan fingerprint density at radius 1 is 1.36 bits per heavy atom. The van der Waals surface area contributed by atoms with E-state index in [1.807, 2.05) is 0 Å². The first kappa shape index (κ1) is 8.50. The van der Waals surface area contributed by atoms with E-state index in [9.17, 15) is 4.91 Å². The first-order valence-corrected chi connectivity index (χ1v) is 3.70. The largest absolute Gasteiger partial charge is 0.145 e. The zero-order chi connectivity index (χ0) is 8.43. The Balaban J connectivity index is 3.36. The van der Waals surface area contributed by atoms with E-state index in [0.29, 0.717) is 21.3 Å². The number of hydrogen-bond donors (Lipinski definition) is 0. The molecule has 1 aromatic rings. The summed E-state index contributed by atoms with van der Waals surface area (Å²) in [4.78, 5) is 10.1. The lowest BCUT2D eigenvalue weighted by molar-refractivity contribution is 1.39. The Labute approximate surface area is 74.1 Å². The number of benzene rings is 1. The summed E-state index contributed by atoms with van der Waals surface area (Å²) in [6.45, 7) is 1.70. The van der Waals surface area contributed by atoms with Crippen LogP contribution in [0.1, 0.15) is 5.56 Å². The molecule has 0 amide bonds. The van der Waals surface area contributed by atoms with Crippen molar-refractivity contribution in [1.29, 1.82) is 0 Å². The van der Waals surface area contributed by atoms with Gasteiger partial charge in [0.2, 0.25) is 0 Å². The Morgan fingerprint density at radius 3 is 2.55 bits per heavy atom. The van der Waals surface area contributed by atoms with Gasteiger partial charge in [0, 0.05) is 0 Å². The third-order valence-electron chi connectivity index (χ3n) is 1.41. The highest BCUT2D eigenvalue weighted by Crippen LogP contribution is 2.31. The number of nitroso groups, excluding NO2 is 1. The zero-order valence-electron chi connectivity index (χ0n) is 5.77. The van der Waals surface area contributed by atoms with Gasteiger partial charge in [-0.05, 0) is 29.8 Å². The van der Waals surface area contributed by atoms with Gasteiger partial charge in [0.15, 0.2) is 0 Å². The second-order valence-electron chi connectivity index (χ2n) is 2.10. The van der Waals surface area contributed by atoms with Crippen molar-refractivity contribution >= 4 is 28.9 Å². The van der Waals surface area contributed by atoms with Gasteiger partial charge >= 0.3 is 0 Å². The van der Waals surface area contributed by atoms with Crippen molar-refractivity contribution in [2.24, 2.45) is 5.18 Å². The quantitative estimate of drug-likeness (QED) is 0.620. The molecule has 0 aliphatic rings. The van der Waals surface area contributed by atoms with Crippen molar-refractivity contribution in [3.63, 3.8) is 0 Å². The minimum Gasteiger partial charge on any atom is -0.145 e. The van der Waals surface area contributed by atoms with E-state index in [4.69, 9.17) is 23.2 Å². The van der Waals surface area contributed by atoms with Crippen LogP contribution in [0.15, 0.2) is 17.3 Å². The molecule has 0 aliphatic heterocycles. The van der Waals surface area contributed by atoms with Crippen LogP contribution in [0.25, 0.3) is 0 Å². The van der Waals surface area contributed by atoms with E-state index in [1.54, 1.807) is 13.0 Å². The molecule has 0 radical (unpaired) electrons. The fourth-order valence-electron chi connectivity index (χ4n) is 0.741. The molecular formula is C7H5Cl2NO. The molecule has 0 unspecified atom stereocenters. The fraction of sp³-hybridized carbons (Fsp3) is 0.143. The maximum absolute atomic E-state index is 10.1. The summed E-state index contributed by atoms with van der Waals surface area (Å²) in [6, 6.07) is 3.09. The van der Waals surface area contributed by atoms with E-state index < -0.39 is 0 Å². The van der Waals surface area contributed by atoms with Gasteiger partial charge in [0.1, 0.15) is 5.69 Å². The summed E-state index contributed by atoms with van der Waals surface area (Å²) in [5.41, 5.74) is 0.952. The summed E-state index contributed by atoms with van der Waals surface area (Å²) in [5.74, 6) is 0. The maximum atomic E-state index is 10.1. The second kappa shape index (κ2) is 3.20. The predicted molar refractivity (Wildman–Crippen MR) is 46.7 cm³/mol.